The summed E-state index contributed by atoms with van der Waals surface area (Å²) in [6, 6.07) is 16.3. The second-order valence-electron chi connectivity index (χ2n) is 14.8. The molecule has 4 aromatic rings. The zero-order valence-corrected chi connectivity index (χ0v) is 33.8. The van der Waals surface area contributed by atoms with Crippen molar-refractivity contribution in [2.75, 3.05) is 6.54 Å². The van der Waals surface area contributed by atoms with Gasteiger partial charge in [-0.05, 0) is 55.5 Å². The quantitative estimate of drug-likeness (QED) is 0.0397. The van der Waals surface area contributed by atoms with Crippen LogP contribution >= 0.6 is 0 Å². The lowest BCUT2D eigenvalue weighted by atomic mass is 10.0. The number of rotatable bonds is 24. The number of primary amides is 1. The number of aliphatic hydroxyl groups is 1. The summed E-state index contributed by atoms with van der Waals surface area (Å²) < 4.78 is 0. The molecule has 6 amide bonds. The molecule has 0 bridgehead atoms. The van der Waals surface area contributed by atoms with E-state index in [4.69, 9.17) is 17.2 Å². The van der Waals surface area contributed by atoms with Crippen LogP contribution in [0, 0.1) is 0 Å². The third kappa shape index (κ3) is 14.6. The summed E-state index contributed by atoms with van der Waals surface area (Å²) in [7, 11) is 0. The van der Waals surface area contributed by atoms with Crippen LogP contribution in [-0.4, -0.2) is 106 Å². The van der Waals surface area contributed by atoms with Gasteiger partial charge in [0.25, 0.3) is 0 Å². The molecule has 0 saturated carbocycles. The lowest BCUT2D eigenvalue weighted by Crippen LogP contribution is -2.61. The van der Waals surface area contributed by atoms with E-state index in [1.54, 1.807) is 72.9 Å². The van der Waals surface area contributed by atoms with Gasteiger partial charge in [-0.3, -0.25) is 28.8 Å². The molecule has 18 heteroatoms. The highest BCUT2D eigenvalue weighted by molar-refractivity contribution is 5.97. The van der Waals surface area contributed by atoms with Crippen molar-refractivity contribution in [1.29, 1.82) is 0 Å². The molecule has 7 atom stereocenters. The van der Waals surface area contributed by atoms with Crippen molar-refractivity contribution in [3.05, 3.63) is 108 Å². The van der Waals surface area contributed by atoms with Gasteiger partial charge in [-0.15, -0.1) is 0 Å². The Kier molecular flexibility index (Phi) is 17.9. The number of para-hydroxylation sites is 1. The van der Waals surface area contributed by atoms with Gasteiger partial charge < -0.3 is 59.0 Å². The van der Waals surface area contributed by atoms with Crippen LogP contribution in [0.25, 0.3) is 10.9 Å². The Morgan fingerprint density at radius 1 is 0.639 bits per heavy atom. The van der Waals surface area contributed by atoms with Gasteiger partial charge in [-0.2, -0.15) is 0 Å². The molecule has 0 radical (unpaired) electrons. The summed E-state index contributed by atoms with van der Waals surface area (Å²) in [5.41, 5.74) is 19.6. The van der Waals surface area contributed by atoms with E-state index >= 15 is 0 Å². The first-order chi connectivity index (χ1) is 29.2. The standard InChI is InChI=1S/C43H55N9O9/c1-25(53)37(42(59)51-35(43(60)61)21-27-14-6-3-7-15-27)52-39(56)32(18-10-11-19-44)48-41(58)34(22-28-24-47-31-17-9-8-16-29(28)31)50-40(57)33(20-26-12-4-2-5-13-26)49-38(55)30(45)23-36(46)54/h2-9,12-17,24-25,30,32-35,37,47,53H,10-11,18-23,44-45H2,1H3,(H2,46,54)(H,48,58)(H,49,55)(H,50,57)(H,51,59)(H,52,56)(H,60,61)/t25-,30+,32+,33+,34-,35+,37+/m1/s1. The highest BCUT2D eigenvalue weighted by Crippen LogP contribution is 2.20. The van der Waals surface area contributed by atoms with E-state index in [2.05, 4.69) is 31.6 Å². The first-order valence-electron chi connectivity index (χ1n) is 20.0. The zero-order valence-electron chi connectivity index (χ0n) is 33.8. The van der Waals surface area contributed by atoms with Gasteiger partial charge in [0.1, 0.15) is 30.2 Å². The molecule has 18 nitrogen and oxygen atoms in total. The van der Waals surface area contributed by atoms with E-state index < -0.39 is 90.2 Å². The number of unbranched alkanes of at least 4 members (excludes halogenated alkanes) is 1. The van der Waals surface area contributed by atoms with E-state index in [0.29, 0.717) is 29.5 Å². The predicted molar refractivity (Wildman–Crippen MR) is 226 cm³/mol. The topological polar surface area (TPSA) is 314 Å². The van der Waals surface area contributed by atoms with Crippen LogP contribution in [0.5, 0.6) is 0 Å². The van der Waals surface area contributed by atoms with Crippen molar-refractivity contribution in [1.82, 2.24) is 31.6 Å². The molecule has 0 aliphatic rings. The van der Waals surface area contributed by atoms with Crippen molar-refractivity contribution in [3.63, 3.8) is 0 Å². The molecule has 0 aliphatic carbocycles. The van der Waals surface area contributed by atoms with Crippen LogP contribution < -0.4 is 43.8 Å². The van der Waals surface area contributed by atoms with Crippen LogP contribution in [0.4, 0.5) is 0 Å². The number of amides is 6. The predicted octanol–water partition coefficient (Wildman–Crippen LogP) is -0.583. The Labute approximate surface area is 352 Å². The van der Waals surface area contributed by atoms with E-state index in [9.17, 15) is 43.8 Å². The van der Waals surface area contributed by atoms with Crippen molar-refractivity contribution in [3.8, 4) is 0 Å². The van der Waals surface area contributed by atoms with Crippen LogP contribution in [0.3, 0.4) is 0 Å². The number of nitrogens with one attached hydrogen (secondary N) is 6. The van der Waals surface area contributed by atoms with E-state index in [-0.39, 0.29) is 32.2 Å². The molecule has 0 aliphatic heterocycles. The maximum atomic E-state index is 14.4. The molecule has 4 rings (SSSR count). The van der Waals surface area contributed by atoms with E-state index in [1.807, 2.05) is 18.2 Å². The molecule has 14 N–H and O–H groups in total. The number of H-pyrrole nitrogens is 1. The number of benzene rings is 3. The Morgan fingerprint density at radius 2 is 1.15 bits per heavy atom. The molecule has 3 aromatic carbocycles. The monoisotopic (exact) mass is 841 g/mol. The Balaban J connectivity index is 1.61. The van der Waals surface area contributed by atoms with Gasteiger partial charge in [-0.25, -0.2) is 4.79 Å². The summed E-state index contributed by atoms with van der Waals surface area (Å²) in [5.74, 6) is -6.38. The molecule has 0 fully saturated rings. The highest BCUT2D eigenvalue weighted by Gasteiger charge is 2.35. The number of aromatic nitrogens is 1. The number of nitrogens with two attached hydrogens (primary N) is 3. The minimum absolute atomic E-state index is 0.0237. The Hall–Kier alpha value is -6.63. The number of carboxylic acid groups (broad SMARTS) is 1. The number of carboxylic acids is 1. The second kappa shape index (κ2) is 23.2. The fourth-order valence-corrected chi connectivity index (χ4v) is 6.65. The molecule has 1 aromatic heterocycles. The Morgan fingerprint density at radius 3 is 1.72 bits per heavy atom. The number of aromatic amines is 1. The molecule has 0 saturated heterocycles. The second-order valence-corrected chi connectivity index (χ2v) is 14.8. The first-order valence-corrected chi connectivity index (χ1v) is 20.0. The number of fused-ring (bicyclic) bond motifs is 1. The Bertz CT molecular complexity index is 2110. The number of hydrogen-bond donors (Lipinski definition) is 11. The summed E-state index contributed by atoms with van der Waals surface area (Å²) in [5, 5.41) is 34.1. The summed E-state index contributed by atoms with van der Waals surface area (Å²) >= 11 is 0. The fraction of sp³-hybridized carbons (Fsp3) is 0.372. The van der Waals surface area contributed by atoms with Crippen molar-refractivity contribution >= 4 is 52.3 Å². The number of aliphatic hydroxyl groups excluding tert-OH is 1. The number of aliphatic carboxylic acids is 1. The lowest BCUT2D eigenvalue weighted by Gasteiger charge is -2.28. The molecular weight excluding hydrogens is 787 g/mol. The molecule has 326 valence electrons. The van der Waals surface area contributed by atoms with Gasteiger partial charge in [0.2, 0.25) is 35.4 Å². The van der Waals surface area contributed by atoms with Crippen molar-refractivity contribution < 1.29 is 43.8 Å². The fourth-order valence-electron chi connectivity index (χ4n) is 6.65. The molecule has 61 heavy (non-hydrogen) atoms. The highest BCUT2D eigenvalue weighted by atomic mass is 16.4. The van der Waals surface area contributed by atoms with Gasteiger partial charge in [0.05, 0.1) is 18.6 Å². The lowest BCUT2D eigenvalue weighted by molar-refractivity contribution is -0.143. The summed E-state index contributed by atoms with van der Waals surface area (Å²) in [6.45, 7) is 1.52. The minimum Gasteiger partial charge on any atom is -0.480 e. The van der Waals surface area contributed by atoms with E-state index in [0.717, 1.165) is 10.9 Å². The van der Waals surface area contributed by atoms with Gasteiger partial charge >= 0.3 is 5.97 Å². The third-order valence-corrected chi connectivity index (χ3v) is 9.95. The number of carbonyl (C=O) groups is 7. The summed E-state index contributed by atoms with van der Waals surface area (Å²) in [6.07, 6.45) is 0.401. The zero-order chi connectivity index (χ0) is 44.5. The molecule has 1 heterocycles. The average Bonchev–Trinajstić information content (AvgIpc) is 3.64. The van der Waals surface area contributed by atoms with Crippen molar-refractivity contribution in [2.24, 2.45) is 17.2 Å². The molecule has 0 unspecified atom stereocenters. The van der Waals surface area contributed by atoms with Crippen LogP contribution in [0.2, 0.25) is 0 Å². The smallest absolute Gasteiger partial charge is 0.326 e. The SMILES string of the molecule is C[C@@H](O)[C@H](NC(=O)[C@H](CCCCN)NC(=O)[C@@H](Cc1c[nH]c2ccccc12)NC(=O)[C@H](Cc1ccccc1)NC(=O)[C@@H](N)CC(N)=O)C(=O)N[C@@H](Cc1ccccc1)C(=O)O. The average molecular weight is 842 g/mol. The third-order valence-electron chi connectivity index (χ3n) is 9.95. The van der Waals surface area contributed by atoms with Crippen molar-refractivity contribution in [2.45, 2.75) is 94.2 Å². The normalized spacial score (nSPS) is 14.6. The largest absolute Gasteiger partial charge is 0.480 e. The van der Waals surface area contributed by atoms with Crippen LogP contribution in [-0.2, 0) is 52.8 Å². The maximum Gasteiger partial charge on any atom is 0.326 e. The minimum atomic E-state index is -1.62. The summed E-state index contributed by atoms with van der Waals surface area (Å²) in [4.78, 5) is 95.8. The van der Waals surface area contributed by atoms with Gasteiger partial charge in [0.15, 0.2) is 0 Å². The van der Waals surface area contributed by atoms with E-state index in [1.165, 1.54) is 6.92 Å². The molecular formula is C43H55N9O9. The van der Waals surface area contributed by atoms with Crippen LogP contribution in [0.15, 0.2) is 91.1 Å². The maximum absolute atomic E-state index is 14.4. The van der Waals surface area contributed by atoms with Gasteiger partial charge in [-0.1, -0.05) is 78.9 Å². The number of hydrogen-bond acceptors (Lipinski definition) is 10. The van der Waals surface area contributed by atoms with Gasteiger partial charge in [0, 0.05) is 36.4 Å². The number of carbonyl (C=O) groups excluding carboxylic acids is 6. The van der Waals surface area contributed by atoms with Crippen LogP contribution in [0.1, 0.15) is 49.3 Å². The first kappa shape index (κ1) is 47.1. The molecule has 0 spiro atoms.